The van der Waals surface area contributed by atoms with Crippen molar-refractivity contribution in [2.45, 2.75) is 381 Å². The molecule has 0 spiro atoms. The Labute approximate surface area is 556 Å². The van der Waals surface area contributed by atoms with Crippen LogP contribution in [0.5, 0.6) is 0 Å². The van der Waals surface area contributed by atoms with Crippen LogP contribution in [-0.4, -0.2) is 96.7 Å². The predicted octanol–water partition coefficient (Wildman–Crippen LogP) is 20.6. The number of phosphoric acid groups is 2. The van der Waals surface area contributed by atoms with Crippen LogP contribution in [0, 0.1) is 17.8 Å². The minimum atomic E-state index is -4.95. The van der Waals surface area contributed by atoms with E-state index in [2.05, 4.69) is 48.5 Å². The van der Waals surface area contributed by atoms with Gasteiger partial charge in [0.25, 0.3) is 0 Å². The van der Waals surface area contributed by atoms with Crippen LogP contribution in [0.2, 0.25) is 0 Å². The van der Waals surface area contributed by atoms with E-state index in [0.717, 1.165) is 108 Å². The Bertz CT molecular complexity index is 1790. The average molecular weight is 1340 g/mol. The van der Waals surface area contributed by atoms with Crippen LogP contribution in [-0.2, 0) is 65.4 Å². The summed E-state index contributed by atoms with van der Waals surface area (Å²) in [4.78, 5) is 72.6. The first-order valence-electron chi connectivity index (χ1n) is 37.4. The zero-order valence-corrected chi connectivity index (χ0v) is 61.1. The van der Waals surface area contributed by atoms with Gasteiger partial charge in [0.15, 0.2) is 12.2 Å². The van der Waals surface area contributed by atoms with Gasteiger partial charge in [-0.25, -0.2) is 9.13 Å². The highest BCUT2D eigenvalue weighted by Crippen LogP contribution is 2.45. The molecule has 0 aliphatic rings. The lowest BCUT2D eigenvalue weighted by Gasteiger charge is -2.21. The normalized spacial score (nSPS) is 14.8. The third-order valence-corrected chi connectivity index (χ3v) is 19.3. The minimum absolute atomic E-state index is 0.104. The predicted molar refractivity (Wildman–Crippen MR) is 368 cm³/mol. The number of carbonyl (C=O) groups excluding carboxylic acids is 4. The summed E-state index contributed by atoms with van der Waals surface area (Å²) >= 11 is 0. The maximum atomic E-state index is 13.0. The highest BCUT2D eigenvalue weighted by molar-refractivity contribution is 7.47. The van der Waals surface area contributed by atoms with Crippen LogP contribution in [0.1, 0.15) is 363 Å². The number of aliphatic hydroxyl groups excluding tert-OH is 1. The number of aliphatic hydroxyl groups is 1. The van der Waals surface area contributed by atoms with Crippen LogP contribution < -0.4 is 0 Å². The van der Waals surface area contributed by atoms with Crippen LogP contribution >= 0.6 is 15.6 Å². The van der Waals surface area contributed by atoms with E-state index in [4.69, 9.17) is 37.0 Å². The molecule has 4 unspecified atom stereocenters. The molecule has 0 heterocycles. The molecule has 3 N–H and O–H groups in total. The van der Waals surface area contributed by atoms with Gasteiger partial charge in [0.05, 0.1) is 26.4 Å². The first kappa shape index (κ1) is 89.1. The van der Waals surface area contributed by atoms with Gasteiger partial charge in [-0.05, 0) is 43.4 Å². The summed E-state index contributed by atoms with van der Waals surface area (Å²) in [5.41, 5.74) is 0. The molecule has 17 nitrogen and oxygen atoms in total. The van der Waals surface area contributed by atoms with Crippen molar-refractivity contribution in [3.05, 3.63) is 0 Å². The summed E-state index contributed by atoms with van der Waals surface area (Å²) in [5, 5.41) is 10.6. The zero-order valence-electron chi connectivity index (χ0n) is 59.3. The molecule has 0 saturated carbocycles. The number of phosphoric ester groups is 2. The van der Waals surface area contributed by atoms with Gasteiger partial charge >= 0.3 is 39.5 Å². The van der Waals surface area contributed by atoms with E-state index in [0.29, 0.717) is 25.7 Å². The topological polar surface area (TPSA) is 237 Å². The van der Waals surface area contributed by atoms with Crippen molar-refractivity contribution in [1.82, 2.24) is 0 Å². The fourth-order valence-electron chi connectivity index (χ4n) is 10.8. The Morgan fingerprint density at radius 2 is 0.560 bits per heavy atom. The summed E-state index contributed by atoms with van der Waals surface area (Å²) in [6.45, 7) is 11.9. The van der Waals surface area contributed by atoms with E-state index in [1.807, 2.05) is 0 Å². The fourth-order valence-corrected chi connectivity index (χ4v) is 12.4. The molecule has 0 aromatic heterocycles. The quantitative estimate of drug-likeness (QED) is 0.0222. The Balaban J connectivity index is 5.24. The molecule has 0 aromatic rings. The standard InChI is InChI=1S/C72H140O17P2/c1-8-11-12-13-14-15-23-32-39-46-53-69(74)82-59-68(89-72(77)56-49-42-35-27-25-29-36-43-50-63(4)5)62-87-91(80,81)85-58-66(73)57-84-90(78,79)86-61-67(60-83-70(75)54-47-40-33-28-26-31-38-45-52-65(7)10-3)88-71(76)55-48-41-34-24-21-19-17-16-18-20-22-30-37-44-51-64(6)9-2/h63-68,73H,8-62H2,1-7H3,(H,78,79)(H,80,81)/t64?,65?,66-,67-,68-/m1/s1. The summed E-state index contributed by atoms with van der Waals surface area (Å²) in [6, 6.07) is 0. The van der Waals surface area contributed by atoms with Crippen molar-refractivity contribution in [3.8, 4) is 0 Å². The number of esters is 4. The molecular weight excluding hydrogens is 1200 g/mol. The maximum Gasteiger partial charge on any atom is 0.472 e. The Morgan fingerprint density at radius 3 is 0.835 bits per heavy atom. The lowest BCUT2D eigenvalue weighted by molar-refractivity contribution is -0.161. The lowest BCUT2D eigenvalue weighted by atomic mass is 9.99. The van der Waals surface area contributed by atoms with Crippen molar-refractivity contribution in [2.75, 3.05) is 39.6 Å². The Kier molecular flexibility index (Phi) is 61.5. The molecule has 0 radical (unpaired) electrons. The van der Waals surface area contributed by atoms with E-state index in [1.54, 1.807) is 0 Å². The summed E-state index contributed by atoms with van der Waals surface area (Å²) in [6.07, 6.45) is 47.1. The second-order valence-electron chi connectivity index (χ2n) is 26.9. The molecule has 0 aliphatic heterocycles. The molecule has 7 atom stereocenters. The van der Waals surface area contributed by atoms with Gasteiger partial charge in [0.1, 0.15) is 19.3 Å². The SMILES string of the molecule is CCCCCCCCCCCCC(=O)OC[C@H](COP(=O)(O)OC[C@H](O)COP(=O)(O)OC[C@@H](COC(=O)CCCCCCCCCCC(C)CC)OC(=O)CCCCCCCCCCCCCCCCC(C)CC)OC(=O)CCCCCCCCCCC(C)C. The van der Waals surface area contributed by atoms with Gasteiger partial charge in [0.2, 0.25) is 0 Å². The third kappa shape index (κ3) is 63.9. The molecule has 0 aliphatic carbocycles. The van der Waals surface area contributed by atoms with E-state index >= 15 is 0 Å². The number of ether oxygens (including phenoxy) is 4. The molecule has 19 heteroatoms. The Morgan fingerprint density at radius 1 is 0.319 bits per heavy atom. The van der Waals surface area contributed by atoms with Crippen molar-refractivity contribution >= 4 is 39.5 Å². The van der Waals surface area contributed by atoms with Crippen molar-refractivity contribution in [1.29, 1.82) is 0 Å². The molecule has 0 amide bonds. The van der Waals surface area contributed by atoms with E-state index in [1.165, 1.54) is 173 Å². The molecule has 0 fully saturated rings. The summed E-state index contributed by atoms with van der Waals surface area (Å²) in [5.74, 6) is 0.216. The average Bonchev–Trinajstić information content (AvgIpc) is 3.24. The van der Waals surface area contributed by atoms with E-state index < -0.39 is 97.5 Å². The number of unbranched alkanes of at least 4 members (excludes halogenated alkanes) is 36. The van der Waals surface area contributed by atoms with Gasteiger partial charge < -0.3 is 33.8 Å². The molecule has 91 heavy (non-hydrogen) atoms. The third-order valence-electron chi connectivity index (χ3n) is 17.4. The fraction of sp³-hybridized carbons (Fsp3) is 0.944. The van der Waals surface area contributed by atoms with Gasteiger partial charge in [-0.2, -0.15) is 0 Å². The molecule has 0 rings (SSSR count). The van der Waals surface area contributed by atoms with Gasteiger partial charge in [-0.15, -0.1) is 0 Å². The first-order chi connectivity index (χ1) is 43.8. The first-order valence-corrected chi connectivity index (χ1v) is 40.4. The monoisotopic (exact) mass is 1340 g/mol. The largest absolute Gasteiger partial charge is 0.472 e. The van der Waals surface area contributed by atoms with Gasteiger partial charge in [-0.3, -0.25) is 37.3 Å². The van der Waals surface area contributed by atoms with Crippen LogP contribution in [0.4, 0.5) is 0 Å². The van der Waals surface area contributed by atoms with Crippen molar-refractivity contribution < 1.29 is 80.2 Å². The van der Waals surface area contributed by atoms with E-state index in [-0.39, 0.29) is 25.7 Å². The molecule has 540 valence electrons. The van der Waals surface area contributed by atoms with E-state index in [9.17, 15) is 43.2 Å². The number of hydrogen-bond donors (Lipinski definition) is 3. The van der Waals surface area contributed by atoms with Crippen LogP contribution in [0.15, 0.2) is 0 Å². The molecule has 0 saturated heterocycles. The number of rotatable bonds is 70. The van der Waals surface area contributed by atoms with Crippen LogP contribution in [0.25, 0.3) is 0 Å². The van der Waals surface area contributed by atoms with Crippen LogP contribution in [0.3, 0.4) is 0 Å². The molecule has 0 bridgehead atoms. The molecular formula is C72H140O17P2. The zero-order chi connectivity index (χ0) is 67.3. The highest BCUT2D eigenvalue weighted by Gasteiger charge is 2.30. The number of hydrogen-bond acceptors (Lipinski definition) is 15. The Hall–Kier alpha value is -1.94. The van der Waals surface area contributed by atoms with Crippen molar-refractivity contribution in [3.63, 3.8) is 0 Å². The highest BCUT2D eigenvalue weighted by atomic mass is 31.2. The number of carbonyl (C=O) groups is 4. The summed E-state index contributed by atoms with van der Waals surface area (Å²) < 4.78 is 68.3. The molecule has 0 aromatic carbocycles. The smallest absolute Gasteiger partial charge is 0.462 e. The minimum Gasteiger partial charge on any atom is -0.462 e. The van der Waals surface area contributed by atoms with Gasteiger partial charge in [0, 0.05) is 25.7 Å². The summed E-state index contributed by atoms with van der Waals surface area (Å²) in [7, 11) is -9.90. The second-order valence-corrected chi connectivity index (χ2v) is 29.8. The second kappa shape index (κ2) is 62.8. The lowest BCUT2D eigenvalue weighted by Crippen LogP contribution is -2.30. The maximum absolute atomic E-state index is 13.0. The van der Waals surface area contributed by atoms with Crippen molar-refractivity contribution in [2.24, 2.45) is 17.8 Å². The van der Waals surface area contributed by atoms with Gasteiger partial charge in [-0.1, -0.05) is 312 Å².